The van der Waals surface area contributed by atoms with Gasteiger partial charge in [-0.05, 0) is 31.4 Å². The van der Waals surface area contributed by atoms with E-state index >= 15 is 0 Å². The van der Waals surface area contributed by atoms with Crippen molar-refractivity contribution in [1.82, 2.24) is 30.0 Å². The molecular weight excluding hydrogens is 326 g/mol. The highest BCUT2D eigenvalue weighted by atomic mass is 15.4. The van der Waals surface area contributed by atoms with Crippen LogP contribution in [0.3, 0.4) is 0 Å². The summed E-state index contributed by atoms with van der Waals surface area (Å²) in [5.41, 5.74) is 2.55. The van der Waals surface area contributed by atoms with E-state index in [4.69, 9.17) is 4.99 Å². The van der Waals surface area contributed by atoms with Gasteiger partial charge in [-0.25, -0.2) is 4.98 Å². The van der Waals surface area contributed by atoms with Crippen molar-refractivity contribution in [3.8, 4) is 0 Å². The quantitative estimate of drug-likeness (QED) is 0.388. The molecule has 0 aliphatic rings. The molecule has 7 heteroatoms. The molecule has 0 saturated carbocycles. The summed E-state index contributed by atoms with van der Waals surface area (Å²) in [5, 5.41) is 8.78. The van der Waals surface area contributed by atoms with E-state index in [0.29, 0.717) is 6.54 Å². The molecule has 2 N–H and O–H groups in total. The number of aromatic nitrogens is 4. The average Bonchev–Trinajstić information content (AvgIpc) is 3.24. The maximum absolute atomic E-state index is 4.77. The summed E-state index contributed by atoms with van der Waals surface area (Å²) in [5.74, 6) is 1.81. The van der Waals surface area contributed by atoms with E-state index in [1.54, 1.807) is 11.0 Å². The Morgan fingerprint density at radius 1 is 1.35 bits per heavy atom. The zero-order valence-corrected chi connectivity index (χ0v) is 15.7. The Morgan fingerprint density at radius 2 is 2.19 bits per heavy atom. The Labute approximate surface area is 154 Å². The van der Waals surface area contributed by atoms with Crippen molar-refractivity contribution in [3.05, 3.63) is 48.2 Å². The van der Waals surface area contributed by atoms with Gasteiger partial charge in [0.1, 0.15) is 12.2 Å². The van der Waals surface area contributed by atoms with Crippen molar-refractivity contribution in [1.29, 1.82) is 0 Å². The molecule has 26 heavy (non-hydrogen) atoms. The van der Waals surface area contributed by atoms with Gasteiger partial charge in [-0.3, -0.25) is 9.67 Å². The smallest absolute Gasteiger partial charge is 0.194 e. The normalized spacial score (nSPS) is 11.9. The van der Waals surface area contributed by atoms with Crippen LogP contribution in [-0.4, -0.2) is 50.7 Å². The van der Waals surface area contributed by atoms with Gasteiger partial charge in [-0.1, -0.05) is 18.2 Å². The molecule has 2 heterocycles. The SMILES string of the molecule is CCNC(=NCCCc1c[nH]c2ccccc12)N(C)Cc1ncnn1C. The van der Waals surface area contributed by atoms with Crippen molar-refractivity contribution in [2.75, 3.05) is 20.1 Å². The largest absolute Gasteiger partial charge is 0.361 e. The zero-order valence-electron chi connectivity index (χ0n) is 15.7. The van der Waals surface area contributed by atoms with Crippen molar-refractivity contribution >= 4 is 16.9 Å². The molecule has 138 valence electrons. The second-order valence-corrected chi connectivity index (χ2v) is 6.35. The highest BCUT2D eigenvalue weighted by Crippen LogP contribution is 2.18. The van der Waals surface area contributed by atoms with E-state index < -0.39 is 0 Å². The summed E-state index contributed by atoms with van der Waals surface area (Å²) in [6.45, 7) is 4.37. The first-order valence-electron chi connectivity index (χ1n) is 9.06. The van der Waals surface area contributed by atoms with Gasteiger partial charge < -0.3 is 15.2 Å². The first-order chi connectivity index (χ1) is 12.7. The van der Waals surface area contributed by atoms with Crippen molar-refractivity contribution in [2.24, 2.45) is 12.0 Å². The number of hydrogen-bond acceptors (Lipinski definition) is 3. The summed E-state index contributed by atoms with van der Waals surface area (Å²) >= 11 is 0. The molecule has 0 bridgehead atoms. The predicted octanol–water partition coefficient (Wildman–Crippen LogP) is 2.33. The molecule has 7 nitrogen and oxygen atoms in total. The minimum atomic E-state index is 0.671. The number of nitrogens with zero attached hydrogens (tertiary/aromatic N) is 5. The third-order valence-corrected chi connectivity index (χ3v) is 4.42. The lowest BCUT2D eigenvalue weighted by atomic mass is 10.1. The molecular formula is C19H27N7. The van der Waals surface area contributed by atoms with Gasteiger partial charge in [-0.15, -0.1) is 0 Å². The Morgan fingerprint density at radius 3 is 2.96 bits per heavy atom. The fraction of sp³-hybridized carbons (Fsp3) is 0.421. The van der Waals surface area contributed by atoms with Crippen LogP contribution in [0.15, 0.2) is 41.8 Å². The lowest BCUT2D eigenvalue weighted by molar-refractivity contribution is 0.448. The van der Waals surface area contributed by atoms with Gasteiger partial charge in [0.2, 0.25) is 0 Å². The van der Waals surface area contributed by atoms with Crippen LogP contribution in [-0.2, 0) is 20.0 Å². The minimum Gasteiger partial charge on any atom is -0.361 e. The van der Waals surface area contributed by atoms with Crippen LogP contribution in [0.4, 0.5) is 0 Å². The number of aryl methyl sites for hydroxylation is 2. The van der Waals surface area contributed by atoms with E-state index in [0.717, 1.165) is 37.7 Å². The topological polar surface area (TPSA) is 74.1 Å². The Balaban J connectivity index is 1.57. The Hall–Kier alpha value is -2.83. The van der Waals surface area contributed by atoms with Crippen LogP contribution in [0.1, 0.15) is 24.7 Å². The van der Waals surface area contributed by atoms with E-state index in [1.165, 1.54) is 16.5 Å². The number of rotatable bonds is 7. The zero-order chi connectivity index (χ0) is 18.4. The van der Waals surface area contributed by atoms with Crippen LogP contribution >= 0.6 is 0 Å². The summed E-state index contributed by atoms with van der Waals surface area (Å²) in [6, 6.07) is 8.43. The van der Waals surface area contributed by atoms with Gasteiger partial charge in [0.05, 0.1) is 6.54 Å². The molecule has 3 aromatic rings. The summed E-state index contributed by atoms with van der Waals surface area (Å²) in [7, 11) is 3.93. The fourth-order valence-corrected chi connectivity index (χ4v) is 3.01. The van der Waals surface area contributed by atoms with Crippen LogP contribution in [0.25, 0.3) is 10.9 Å². The molecule has 0 atom stereocenters. The van der Waals surface area contributed by atoms with E-state index in [1.807, 2.05) is 14.1 Å². The number of H-pyrrole nitrogens is 1. The lowest BCUT2D eigenvalue weighted by Crippen LogP contribution is -2.39. The molecule has 2 aromatic heterocycles. The third-order valence-electron chi connectivity index (χ3n) is 4.42. The van der Waals surface area contributed by atoms with E-state index in [9.17, 15) is 0 Å². The predicted molar refractivity (Wildman–Crippen MR) is 105 cm³/mol. The maximum atomic E-state index is 4.77. The van der Waals surface area contributed by atoms with Crippen LogP contribution in [0.5, 0.6) is 0 Å². The molecule has 0 fully saturated rings. The molecule has 0 spiro atoms. The van der Waals surface area contributed by atoms with E-state index in [-0.39, 0.29) is 0 Å². The first kappa shape index (κ1) is 18.0. The fourth-order valence-electron chi connectivity index (χ4n) is 3.01. The molecule has 0 saturated heterocycles. The van der Waals surface area contributed by atoms with Gasteiger partial charge in [0.25, 0.3) is 0 Å². The summed E-state index contributed by atoms with van der Waals surface area (Å²) in [4.78, 5) is 14.5. The third kappa shape index (κ3) is 4.22. The standard InChI is InChI=1S/C19H27N7/c1-4-20-19(25(2)13-18-23-14-24-26(18)3)21-11-7-8-15-12-22-17-10-6-5-9-16(15)17/h5-6,9-10,12,14,22H,4,7-8,11,13H2,1-3H3,(H,20,21). The minimum absolute atomic E-state index is 0.671. The first-order valence-corrected chi connectivity index (χ1v) is 9.06. The molecule has 1 aromatic carbocycles. The highest BCUT2D eigenvalue weighted by Gasteiger charge is 2.10. The summed E-state index contributed by atoms with van der Waals surface area (Å²) in [6.07, 6.45) is 5.71. The van der Waals surface area contributed by atoms with Crippen LogP contribution < -0.4 is 5.32 Å². The second-order valence-electron chi connectivity index (χ2n) is 6.35. The second kappa shape index (κ2) is 8.51. The molecule has 0 aliphatic heterocycles. The Kier molecular flexibility index (Phi) is 5.88. The monoisotopic (exact) mass is 353 g/mol. The number of aromatic amines is 1. The van der Waals surface area contributed by atoms with Crippen LogP contribution in [0, 0.1) is 0 Å². The molecule has 0 unspecified atom stereocenters. The van der Waals surface area contributed by atoms with Crippen molar-refractivity contribution in [3.63, 3.8) is 0 Å². The number of para-hydroxylation sites is 1. The lowest BCUT2D eigenvalue weighted by Gasteiger charge is -2.21. The average molecular weight is 353 g/mol. The van der Waals surface area contributed by atoms with Gasteiger partial charge in [-0.2, -0.15) is 5.10 Å². The highest BCUT2D eigenvalue weighted by molar-refractivity contribution is 5.83. The molecule has 0 amide bonds. The van der Waals surface area contributed by atoms with Gasteiger partial charge in [0.15, 0.2) is 5.96 Å². The Bertz CT molecular complexity index is 862. The van der Waals surface area contributed by atoms with E-state index in [2.05, 4.69) is 62.7 Å². The number of benzene rings is 1. The number of aliphatic imine (C=N–C) groups is 1. The molecule has 0 radical (unpaired) electrons. The van der Waals surface area contributed by atoms with Gasteiger partial charge in [0, 0.05) is 44.3 Å². The van der Waals surface area contributed by atoms with Crippen molar-refractivity contribution in [2.45, 2.75) is 26.3 Å². The number of nitrogens with one attached hydrogen (secondary N) is 2. The molecule has 3 rings (SSSR count). The van der Waals surface area contributed by atoms with Gasteiger partial charge >= 0.3 is 0 Å². The van der Waals surface area contributed by atoms with Crippen molar-refractivity contribution < 1.29 is 0 Å². The molecule has 0 aliphatic carbocycles. The number of fused-ring (bicyclic) bond motifs is 1. The number of guanidine groups is 1. The maximum Gasteiger partial charge on any atom is 0.194 e. The van der Waals surface area contributed by atoms with Crippen LogP contribution in [0.2, 0.25) is 0 Å². The number of hydrogen-bond donors (Lipinski definition) is 2. The summed E-state index contributed by atoms with van der Waals surface area (Å²) < 4.78 is 1.79.